The van der Waals surface area contributed by atoms with Crippen molar-refractivity contribution in [3.63, 3.8) is 0 Å². The lowest BCUT2D eigenvalue weighted by Gasteiger charge is -2.26. The number of rotatable bonds is 6. The fraction of sp³-hybridized carbons (Fsp3) is 0.394. The van der Waals surface area contributed by atoms with Gasteiger partial charge < -0.3 is 40.1 Å². The number of aromatic hydroxyl groups is 6. The lowest BCUT2D eigenvalue weighted by atomic mass is 9.80. The fourth-order valence-corrected chi connectivity index (χ4v) is 9.91. The van der Waals surface area contributed by atoms with E-state index in [2.05, 4.69) is 94.9 Å². The fourth-order valence-electron chi connectivity index (χ4n) is 9.91. The Labute approximate surface area is 440 Å². The highest BCUT2D eigenvalue weighted by atomic mass is 16.5. The minimum Gasteiger partial charge on any atom is -0.507 e. The molecule has 0 heterocycles. The molecular formula is C66H76O8. The maximum atomic E-state index is 12.4. The van der Waals surface area contributed by atoms with Gasteiger partial charge in [0.1, 0.15) is 47.7 Å². The third kappa shape index (κ3) is 12.4. The molecule has 6 aromatic carbocycles. The highest BCUT2D eigenvalue weighted by Crippen LogP contribution is 2.44. The van der Waals surface area contributed by atoms with E-state index in [1.165, 1.54) is 0 Å². The van der Waals surface area contributed by atoms with E-state index in [1.807, 2.05) is 72.8 Å². The quantitative estimate of drug-likeness (QED) is 0.0715. The molecule has 1 aliphatic carbocycles. The van der Waals surface area contributed by atoms with Gasteiger partial charge in [-0.3, -0.25) is 0 Å². The van der Waals surface area contributed by atoms with Crippen LogP contribution < -0.4 is 0 Å². The number of phenolic OH excluding ortho intramolecular Hbond substituents is 6. The summed E-state index contributed by atoms with van der Waals surface area (Å²) in [4.78, 5) is 0. The molecule has 0 spiro atoms. The summed E-state index contributed by atoms with van der Waals surface area (Å²) in [6.45, 7) is 25.9. The summed E-state index contributed by atoms with van der Waals surface area (Å²) in [5.74, 6) is 5.33. The monoisotopic (exact) mass is 997 g/mol. The SMILES string of the molecule is C#CCOCc1cc2c(O)c(c1)Cc1cc(C(C)(C)C)cc(c1O)Cc1cc(C(C)(C)C)cc(c1O)Cc1cc(COCC#C)cc(c1O)Cc1cc(C(C)(C)C)cc(c1O)Cc1cc(C(C)(C)C)cc(c1O)C2. The highest BCUT2D eigenvalue weighted by Gasteiger charge is 2.28. The van der Waals surface area contributed by atoms with Crippen molar-refractivity contribution in [2.75, 3.05) is 13.2 Å². The van der Waals surface area contributed by atoms with E-state index in [-0.39, 0.29) is 121 Å². The van der Waals surface area contributed by atoms with E-state index in [0.717, 1.165) is 33.4 Å². The predicted octanol–water partition coefficient (Wildman–Crippen LogP) is 13.3. The van der Waals surface area contributed by atoms with E-state index in [4.69, 9.17) is 22.3 Å². The second kappa shape index (κ2) is 21.2. The van der Waals surface area contributed by atoms with Gasteiger partial charge >= 0.3 is 0 Å². The predicted molar refractivity (Wildman–Crippen MR) is 297 cm³/mol. The molecule has 0 aromatic heterocycles. The Bertz CT molecular complexity index is 2780. The standard InChI is InChI=1S/C66H76O8/c1-15-17-73-37-39-19-41-23-45-29-53(63(3,4)5)33-49(59(45)69)27-51-35-55(65(9,10)11)31-47(61(51)71)25-43-21-40(38-74-18-16-2)22-44(58(43)68)26-48-32-56(66(12,13)14)36-52(62(48)72)28-50-34-54(64(6,7)8)30-46(60(50)70)24-42(20-39)57(41)67/h1-2,19-22,29-36,67-72H,17-18,23-28,37-38H2,3-14H3. The average Bonchev–Trinajstić information content (AvgIpc) is 3.29. The van der Waals surface area contributed by atoms with Crippen LogP contribution in [0.3, 0.4) is 0 Å². The van der Waals surface area contributed by atoms with Gasteiger partial charge in [0.25, 0.3) is 0 Å². The number of hydrogen-bond donors (Lipinski definition) is 6. The molecule has 8 heteroatoms. The van der Waals surface area contributed by atoms with E-state index >= 15 is 0 Å². The first kappa shape index (κ1) is 54.9. The van der Waals surface area contributed by atoms with Gasteiger partial charge in [-0.1, -0.05) is 143 Å². The van der Waals surface area contributed by atoms with Crippen LogP contribution in [0.1, 0.15) is 183 Å². The van der Waals surface area contributed by atoms with Gasteiger partial charge in [0.05, 0.1) is 13.2 Å². The van der Waals surface area contributed by atoms with Crippen molar-refractivity contribution in [3.8, 4) is 59.2 Å². The first-order chi connectivity index (χ1) is 34.5. The van der Waals surface area contributed by atoms with Crippen LogP contribution in [0.2, 0.25) is 0 Å². The summed E-state index contributed by atoms with van der Waals surface area (Å²) < 4.78 is 11.7. The third-order valence-electron chi connectivity index (χ3n) is 14.4. The largest absolute Gasteiger partial charge is 0.507 e. The molecule has 7 rings (SSSR count). The molecule has 74 heavy (non-hydrogen) atoms. The van der Waals surface area contributed by atoms with Crippen LogP contribution in [0.5, 0.6) is 34.5 Å². The molecule has 1 aliphatic rings. The molecule has 8 nitrogen and oxygen atoms in total. The van der Waals surface area contributed by atoms with Gasteiger partial charge in [0.15, 0.2) is 0 Å². The van der Waals surface area contributed by atoms with Gasteiger partial charge in [-0.2, -0.15) is 0 Å². The summed E-state index contributed by atoms with van der Waals surface area (Å²) in [6.07, 6.45) is 12.1. The summed E-state index contributed by atoms with van der Waals surface area (Å²) in [7, 11) is 0. The topological polar surface area (TPSA) is 140 Å². The number of ether oxygens (including phenoxy) is 2. The van der Waals surface area contributed by atoms with Crippen LogP contribution in [0, 0.1) is 24.7 Å². The maximum Gasteiger partial charge on any atom is 0.122 e. The maximum absolute atomic E-state index is 12.4. The van der Waals surface area contributed by atoms with Gasteiger partial charge in [-0.25, -0.2) is 0 Å². The zero-order valence-electron chi connectivity index (χ0n) is 45.7. The van der Waals surface area contributed by atoms with Crippen molar-refractivity contribution >= 4 is 0 Å². The van der Waals surface area contributed by atoms with Gasteiger partial charge in [0, 0.05) is 38.5 Å². The van der Waals surface area contributed by atoms with Crippen LogP contribution in [0.4, 0.5) is 0 Å². The van der Waals surface area contributed by atoms with Crippen molar-refractivity contribution in [1.82, 2.24) is 0 Å². The molecule has 12 bridgehead atoms. The van der Waals surface area contributed by atoms with Gasteiger partial charge in [-0.15, -0.1) is 12.8 Å². The molecule has 6 N–H and O–H groups in total. The van der Waals surface area contributed by atoms with E-state index < -0.39 is 0 Å². The van der Waals surface area contributed by atoms with Crippen LogP contribution in [0.15, 0.2) is 72.8 Å². The molecule has 0 aliphatic heterocycles. The Balaban J connectivity index is 1.55. The minimum absolute atomic E-state index is 0.0296. The second-order valence-corrected chi connectivity index (χ2v) is 24.6. The van der Waals surface area contributed by atoms with Gasteiger partial charge in [0.2, 0.25) is 0 Å². The normalized spacial score (nSPS) is 13.4. The Morgan fingerprint density at radius 1 is 0.324 bits per heavy atom. The Morgan fingerprint density at radius 2 is 0.486 bits per heavy atom. The Kier molecular flexibility index (Phi) is 15.7. The van der Waals surface area contributed by atoms with Crippen molar-refractivity contribution in [2.45, 2.75) is 156 Å². The zero-order valence-corrected chi connectivity index (χ0v) is 45.7. The van der Waals surface area contributed by atoms with Crippen LogP contribution in [-0.4, -0.2) is 43.9 Å². The van der Waals surface area contributed by atoms with Crippen LogP contribution in [0.25, 0.3) is 0 Å². The molecule has 0 fully saturated rings. The molecular weight excluding hydrogens is 921 g/mol. The van der Waals surface area contributed by atoms with E-state index in [1.54, 1.807) is 0 Å². The third-order valence-corrected chi connectivity index (χ3v) is 14.4. The molecule has 0 saturated carbocycles. The van der Waals surface area contributed by atoms with Crippen molar-refractivity contribution < 1.29 is 40.1 Å². The summed E-state index contributed by atoms with van der Waals surface area (Å²) in [5.41, 5.74) is 11.0. The molecule has 0 atom stereocenters. The summed E-state index contributed by atoms with van der Waals surface area (Å²) in [5, 5.41) is 74.5. The molecule has 0 saturated heterocycles. The summed E-state index contributed by atoms with van der Waals surface area (Å²) in [6, 6.07) is 23.5. The molecule has 6 aromatic rings. The first-order valence-electron chi connectivity index (χ1n) is 25.7. The van der Waals surface area contributed by atoms with Crippen LogP contribution >= 0.6 is 0 Å². The van der Waals surface area contributed by atoms with Crippen molar-refractivity contribution in [1.29, 1.82) is 0 Å². The molecule has 0 unspecified atom stereocenters. The molecule has 0 radical (unpaired) electrons. The lowest BCUT2D eigenvalue weighted by molar-refractivity contribution is 0.153. The van der Waals surface area contributed by atoms with E-state index in [9.17, 15) is 30.6 Å². The average molecular weight is 997 g/mol. The number of benzene rings is 6. The highest BCUT2D eigenvalue weighted by molar-refractivity contribution is 5.60. The number of phenols is 6. The van der Waals surface area contributed by atoms with Crippen molar-refractivity contribution in [2.24, 2.45) is 0 Å². The number of terminal acetylenes is 2. The Hall–Kier alpha value is -6.84. The lowest BCUT2D eigenvalue weighted by Crippen LogP contribution is -2.14. The zero-order chi connectivity index (χ0) is 54.2. The van der Waals surface area contributed by atoms with Crippen LogP contribution in [-0.2, 0) is 82.9 Å². The smallest absolute Gasteiger partial charge is 0.122 e. The van der Waals surface area contributed by atoms with Crippen molar-refractivity contribution in [3.05, 3.63) is 173 Å². The minimum atomic E-state index is -0.346. The number of fused-ring (bicyclic) bond motifs is 12. The summed E-state index contributed by atoms with van der Waals surface area (Å²) >= 11 is 0. The number of hydrogen-bond acceptors (Lipinski definition) is 8. The van der Waals surface area contributed by atoms with Gasteiger partial charge in [-0.05, 0) is 146 Å². The molecule has 0 amide bonds. The molecule has 388 valence electrons. The Morgan fingerprint density at radius 3 is 0.635 bits per heavy atom. The first-order valence-corrected chi connectivity index (χ1v) is 25.7. The van der Waals surface area contributed by atoms with E-state index in [0.29, 0.717) is 66.8 Å². The second-order valence-electron chi connectivity index (χ2n) is 24.6.